The molecule has 2 N–H and O–H groups in total. The van der Waals surface area contributed by atoms with Crippen molar-refractivity contribution in [1.82, 2.24) is 14.6 Å². The van der Waals surface area contributed by atoms with Gasteiger partial charge in [0.15, 0.2) is 0 Å². The molecule has 0 amide bonds. The molecule has 0 unspecified atom stereocenters. The molecule has 0 radical (unpaired) electrons. The minimum absolute atomic E-state index is 0.0458. The van der Waals surface area contributed by atoms with Gasteiger partial charge in [0.05, 0.1) is 11.9 Å². The number of aromatic nitrogens is 3. The average molecular weight is 296 g/mol. The Hall–Kier alpha value is -1.14. The van der Waals surface area contributed by atoms with Crippen LogP contribution < -0.4 is 5.32 Å². The largest absolute Gasteiger partial charge is 0.396 e. The number of nitrogens with zero attached hydrogens (tertiary/aromatic N) is 3. The molecular weight excluding hydrogens is 272 g/mol. The zero-order chi connectivity index (χ0) is 15.0. The third-order valence-corrected chi connectivity index (χ3v) is 4.20. The summed E-state index contributed by atoms with van der Waals surface area (Å²) in [4.78, 5) is 5.54. The van der Waals surface area contributed by atoms with E-state index in [2.05, 4.69) is 50.0 Å². The van der Waals surface area contributed by atoms with E-state index >= 15 is 0 Å². The van der Waals surface area contributed by atoms with Gasteiger partial charge in [0, 0.05) is 18.6 Å². The molecule has 0 fully saturated rings. The highest BCUT2D eigenvalue weighted by Gasteiger charge is 2.20. The predicted molar refractivity (Wildman–Crippen MR) is 83.5 cm³/mol. The SMILES string of the molecule is CC(C)(CCO)CNc1nn2cc(C(C)(C)C)nc2s1. The van der Waals surface area contributed by atoms with Crippen LogP contribution in [0.4, 0.5) is 5.13 Å². The first kappa shape index (κ1) is 15.3. The molecule has 0 bridgehead atoms. The van der Waals surface area contributed by atoms with Crippen molar-refractivity contribution in [3.8, 4) is 0 Å². The average Bonchev–Trinajstić information content (AvgIpc) is 2.82. The van der Waals surface area contributed by atoms with E-state index in [4.69, 9.17) is 5.11 Å². The Bertz CT molecular complexity index is 548. The van der Waals surface area contributed by atoms with Crippen LogP contribution in [0.15, 0.2) is 6.20 Å². The van der Waals surface area contributed by atoms with Crippen LogP contribution in [0.1, 0.15) is 46.7 Å². The minimum atomic E-state index is 0.0458. The summed E-state index contributed by atoms with van der Waals surface area (Å²) in [6, 6.07) is 0. The third-order valence-electron chi connectivity index (χ3n) is 3.32. The number of anilines is 1. The fraction of sp³-hybridized carbons (Fsp3) is 0.714. The van der Waals surface area contributed by atoms with Gasteiger partial charge in [-0.2, -0.15) is 0 Å². The molecule has 0 saturated heterocycles. The van der Waals surface area contributed by atoms with Crippen LogP contribution >= 0.6 is 11.3 Å². The van der Waals surface area contributed by atoms with E-state index in [1.54, 1.807) is 11.3 Å². The molecule has 6 heteroatoms. The van der Waals surface area contributed by atoms with E-state index in [9.17, 15) is 0 Å². The van der Waals surface area contributed by atoms with Crippen molar-refractivity contribution < 1.29 is 5.11 Å². The molecule has 0 aliphatic carbocycles. The Labute approximate surface area is 124 Å². The maximum absolute atomic E-state index is 9.03. The maximum atomic E-state index is 9.03. The summed E-state index contributed by atoms with van der Waals surface area (Å²) in [6.07, 6.45) is 2.77. The number of rotatable bonds is 5. The van der Waals surface area contributed by atoms with Crippen LogP contribution in [-0.4, -0.2) is 32.9 Å². The van der Waals surface area contributed by atoms with E-state index < -0.39 is 0 Å². The van der Waals surface area contributed by atoms with E-state index in [-0.39, 0.29) is 17.4 Å². The smallest absolute Gasteiger partial charge is 0.214 e. The van der Waals surface area contributed by atoms with Crippen molar-refractivity contribution in [3.63, 3.8) is 0 Å². The molecule has 0 spiro atoms. The first-order valence-corrected chi connectivity index (χ1v) is 7.74. The molecule has 2 rings (SSSR count). The Morgan fingerprint density at radius 1 is 1.30 bits per heavy atom. The zero-order valence-corrected chi connectivity index (χ0v) is 13.7. The van der Waals surface area contributed by atoms with Gasteiger partial charge in [-0.1, -0.05) is 46.0 Å². The minimum Gasteiger partial charge on any atom is -0.396 e. The van der Waals surface area contributed by atoms with Crippen molar-refractivity contribution >= 4 is 21.4 Å². The number of aliphatic hydroxyl groups is 1. The molecule has 0 aliphatic rings. The molecule has 0 aromatic carbocycles. The van der Waals surface area contributed by atoms with Gasteiger partial charge in [-0.15, -0.1) is 5.10 Å². The predicted octanol–water partition coefficient (Wildman–Crippen LogP) is 2.91. The second-order valence-corrected chi connectivity index (χ2v) is 7.96. The highest BCUT2D eigenvalue weighted by atomic mass is 32.1. The van der Waals surface area contributed by atoms with E-state index in [0.29, 0.717) is 0 Å². The van der Waals surface area contributed by atoms with Gasteiger partial charge < -0.3 is 10.4 Å². The van der Waals surface area contributed by atoms with Crippen LogP contribution in [0, 0.1) is 5.41 Å². The van der Waals surface area contributed by atoms with E-state index in [1.807, 2.05) is 10.7 Å². The fourth-order valence-electron chi connectivity index (χ4n) is 1.84. The third kappa shape index (κ3) is 3.49. The van der Waals surface area contributed by atoms with Crippen LogP contribution in [0.2, 0.25) is 0 Å². The number of nitrogens with one attached hydrogen (secondary N) is 1. The van der Waals surface area contributed by atoms with E-state index in [0.717, 1.165) is 28.8 Å². The van der Waals surface area contributed by atoms with Gasteiger partial charge in [-0.05, 0) is 11.8 Å². The number of fused-ring (bicyclic) bond motifs is 1. The first-order valence-electron chi connectivity index (χ1n) is 6.93. The lowest BCUT2D eigenvalue weighted by molar-refractivity contribution is 0.220. The number of imidazole rings is 1. The van der Waals surface area contributed by atoms with Crippen molar-refractivity contribution in [2.75, 3.05) is 18.5 Å². The van der Waals surface area contributed by atoms with Crippen molar-refractivity contribution in [3.05, 3.63) is 11.9 Å². The van der Waals surface area contributed by atoms with Crippen LogP contribution in [-0.2, 0) is 5.41 Å². The van der Waals surface area contributed by atoms with Gasteiger partial charge in [-0.3, -0.25) is 0 Å². The Kier molecular flexibility index (Phi) is 4.07. The summed E-state index contributed by atoms with van der Waals surface area (Å²) in [5, 5.41) is 17.8. The molecule has 0 atom stereocenters. The zero-order valence-electron chi connectivity index (χ0n) is 12.9. The Morgan fingerprint density at radius 2 is 2.00 bits per heavy atom. The standard InChI is InChI=1S/C14H24N4OS/c1-13(2,3)10-8-18-12(16-10)20-11(17-18)15-9-14(4,5)6-7-19/h8,19H,6-7,9H2,1-5H3,(H,15,17). The fourth-order valence-corrected chi connectivity index (χ4v) is 2.62. The lowest BCUT2D eigenvalue weighted by Gasteiger charge is -2.23. The van der Waals surface area contributed by atoms with Gasteiger partial charge in [-0.25, -0.2) is 9.50 Å². The van der Waals surface area contributed by atoms with Crippen molar-refractivity contribution in [1.29, 1.82) is 0 Å². The first-order chi connectivity index (χ1) is 9.21. The molecule has 2 heterocycles. The van der Waals surface area contributed by atoms with Gasteiger partial charge in [0.25, 0.3) is 0 Å². The van der Waals surface area contributed by atoms with Gasteiger partial charge >= 0.3 is 0 Å². The molecule has 2 aromatic heterocycles. The maximum Gasteiger partial charge on any atom is 0.214 e. The highest BCUT2D eigenvalue weighted by Crippen LogP contribution is 2.27. The number of hydrogen-bond donors (Lipinski definition) is 2. The molecule has 5 nitrogen and oxygen atoms in total. The summed E-state index contributed by atoms with van der Waals surface area (Å²) >= 11 is 1.56. The van der Waals surface area contributed by atoms with Crippen molar-refractivity contribution in [2.24, 2.45) is 5.41 Å². The number of hydrogen-bond acceptors (Lipinski definition) is 5. The lowest BCUT2D eigenvalue weighted by Crippen LogP contribution is -2.24. The van der Waals surface area contributed by atoms with Crippen molar-refractivity contribution in [2.45, 2.75) is 46.5 Å². The quantitative estimate of drug-likeness (QED) is 0.890. The molecular formula is C14H24N4OS. The lowest BCUT2D eigenvalue weighted by atomic mass is 9.90. The normalized spacial score (nSPS) is 13.1. The monoisotopic (exact) mass is 296 g/mol. The van der Waals surface area contributed by atoms with Gasteiger partial charge in [0.2, 0.25) is 10.1 Å². The summed E-state index contributed by atoms with van der Waals surface area (Å²) in [7, 11) is 0. The summed E-state index contributed by atoms with van der Waals surface area (Å²) in [6.45, 7) is 11.7. The molecule has 0 saturated carbocycles. The van der Waals surface area contributed by atoms with Crippen LogP contribution in [0.3, 0.4) is 0 Å². The second-order valence-electron chi connectivity index (χ2n) is 7.00. The topological polar surface area (TPSA) is 62.5 Å². The molecule has 112 valence electrons. The number of aliphatic hydroxyl groups excluding tert-OH is 1. The summed E-state index contributed by atoms with van der Waals surface area (Å²) < 4.78 is 1.84. The van der Waals surface area contributed by atoms with Crippen LogP contribution in [0.25, 0.3) is 4.96 Å². The van der Waals surface area contributed by atoms with E-state index in [1.165, 1.54) is 0 Å². The Balaban J connectivity index is 2.08. The second kappa shape index (κ2) is 5.33. The summed E-state index contributed by atoms with van der Waals surface area (Å²) in [5.41, 5.74) is 1.16. The highest BCUT2D eigenvalue weighted by molar-refractivity contribution is 7.20. The van der Waals surface area contributed by atoms with Crippen LogP contribution in [0.5, 0.6) is 0 Å². The molecule has 2 aromatic rings. The molecule has 0 aliphatic heterocycles. The van der Waals surface area contributed by atoms with Gasteiger partial charge in [0.1, 0.15) is 0 Å². The summed E-state index contributed by atoms with van der Waals surface area (Å²) in [5.74, 6) is 0. The molecule has 20 heavy (non-hydrogen) atoms. The Morgan fingerprint density at radius 3 is 2.55 bits per heavy atom.